The summed E-state index contributed by atoms with van der Waals surface area (Å²) in [6.45, 7) is 1.20. The minimum absolute atomic E-state index is 0.169. The van der Waals surface area contributed by atoms with E-state index in [0.29, 0.717) is 24.6 Å². The second kappa shape index (κ2) is 8.02. The molecule has 7 nitrogen and oxygen atoms in total. The van der Waals surface area contributed by atoms with Gasteiger partial charge in [-0.05, 0) is 37.1 Å². The van der Waals surface area contributed by atoms with Gasteiger partial charge < -0.3 is 15.1 Å². The van der Waals surface area contributed by atoms with Gasteiger partial charge in [0.2, 0.25) is 11.8 Å². The number of fused-ring (bicyclic) bond motifs is 1. The molecule has 3 heterocycles. The highest BCUT2D eigenvalue weighted by Crippen LogP contribution is 2.39. The molecule has 8 heteroatoms. The number of rotatable bonds is 4. The van der Waals surface area contributed by atoms with Crippen LogP contribution in [-0.4, -0.2) is 52.5 Å². The van der Waals surface area contributed by atoms with Gasteiger partial charge in [-0.3, -0.25) is 14.4 Å². The zero-order valence-corrected chi connectivity index (χ0v) is 16.0. The Kier molecular flexibility index (Phi) is 5.29. The molecule has 2 aliphatic heterocycles. The number of aromatic nitrogens is 1. The van der Waals surface area contributed by atoms with Gasteiger partial charge >= 0.3 is 0 Å². The topological polar surface area (TPSA) is 82.6 Å². The number of anilines is 2. The first-order valence-electron chi connectivity index (χ1n) is 9.20. The molecular formula is C20H20N4O3S. The van der Waals surface area contributed by atoms with E-state index in [9.17, 15) is 14.4 Å². The van der Waals surface area contributed by atoms with Crippen molar-refractivity contribution in [3.8, 4) is 0 Å². The summed E-state index contributed by atoms with van der Waals surface area (Å²) in [6, 6.07) is 12.6. The monoisotopic (exact) mass is 396 g/mol. The lowest BCUT2D eigenvalue weighted by atomic mass is 10.2. The van der Waals surface area contributed by atoms with Gasteiger partial charge in [-0.1, -0.05) is 18.2 Å². The Morgan fingerprint density at radius 1 is 1.11 bits per heavy atom. The number of nitrogens with one attached hydrogen (secondary N) is 1. The van der Waals surface area contributed by atoms with Crippen molar-refractivity contribution in [2.75, 3.05) is 29.9 Å². The summed E-state index contributed by atoms with van der Waals surface area (Å²) in [6.07, 6.45) is 3.51. The molecule has 3 amide bonds. The lowest BCUT2D eigenvalue weighted by Crippen LogP contribution is -2.51. The molecule has 0 aliphatic carbocycles. The highest BCUT2D eigenvalue weighted by Gasteiger charge is 2.41. The Hall–Kier alpha value is -2.87. The molecule has 0 radical (unpaired) electrons. The van der Waals surface area contributed by atoms with Gasteiger partial charge in [0.05, 0.1) is 5.69 Å². The van der Waals surface area contributed by atoms with Gasteiger partial charge in [0, 0.05) is 24.2 Å². The van der Waals surface area contributed by atoms with Crippen molar-refractivity contribution < 1.29 is 14.4 Å². The zero-order valence-electron chi connectivity index (χ0n) is 15.2. The lowest BCUT2D eigenvalue weighted by molar-refractivity contribution is -0.134. The largest absolute Gasteiger partial charge is 0.341 e. The van der Waals surface area contributed by atoms with E-state index in [1.807, 2.05) is 18.2 Å². The number of carbonyl (C=O) groups is 3. The molecule has 0 unspecified atom stereocenters. The Balaban J connectivity index is 1.56. The van der Waals surface area contributed by atoms with Crippen LogP contribution >= 0.6 is 11.8 Å². The van der Waals surface area contributed by atoms with Crippen molar-refractivity contribution in [2.24, 2.45) is 0 Å². The Labute approximate surface area is 167 Å². The fourth-order valence-electron chi connectivity index (χ4n) is 3.40. The van der Waals surface area contributed by atoms with Crippen LogP contribution in [0.1, 0.15) is 12.8 Å². The number of amides is 3. The molecule has 0 spiro atoms. The zero-order chi connectivity index (χ0) is 19.5. The fraction of sp³-hybridized carbons (Fsp3) is 0.300. The summed E-state index contributed by atoms with van der Waals surface area (Å²) in [5, 5.41) is 1.84. The normalized spacial score (nSPS) is 18.7. The average Bonchev–Trinajstić information content (AvgIpc) is 3.25. The van der Waals surface area contributed by atoms with Crippen LogP contribution in [0.25, 0.3) is 0 Å². The second-order valence-electron chi connectivity index (χ2n) is 6.69. The molecular weight excluding hydrogens is 376 g/mol. The summed E-state index contributed by atoms with van der Waals surface area (Å²) in [7, 11) is 0. The number of nitrogens with zero attached hydrogens (tertiary/aromatic N) is 3. The van der Waals surface area contributed by atoms with Crippen LogP contribution in [0.3, 0.4) is 0 Å². The quantitative estimate of drug-likeness (QED) is 0.801. The van der Waals surface area contributed by atoms with Crippen molar-refractivity contribution >= 4 is 41.0 Å². The maximum Gasteiger partial charge on any atom is 0.250 e. The second-order valence-corrected chi connectivity index (χ2v) is 7.83. The third-order valence-electron chi connectivity index (χ3n) is 4.77. The number of likely N-dealkylation sites (tertiary alicyclic amines) is 1. The first-order valence-corrected chi connectivity index (χ1v) is 10.1. The molecule has 0 saturated carbocycles. The van der Waals surface area contributed by atoms with Crippen LogP contribution in [-0.2, 0) is 14.4 Å². The van der Waals surface area contributed by atoms with Gasteiger partial charge in [0.15, 0.2) is 5.25 Å². The molecule has 1 saturated heterocycles. The SMILES string of the molecule is O=C(CN1C(=O)[C@@H](C(=O)N2CCCC2)Sc2ccccc21)Nc1ccccn1. The van der Waals surface area contributed by atoms with Gasteiger partial charge in [-0.2, -0.15) is 0 Å². The summed E-state index contributed by atoms with van der Waals surface area (Å²) < 4.78 is 0. The average molecular weight is 396 g/mol. The van der Waals surface area contributed by atoms with Crippen molar-refractivity contribution in [1.82, 2.24) is 9.88 Å². The Morgan fingerprint density at radius 2 is 1.86 bits per heavy atom. The maximum absolute atomic E-state index is 13.1. The van der Waals surface area contributed by atoms with Gasteiger partial charge in [-0.25, -0.2) is 4.98 Å². The van der Waals surface area contributed by atoms with Crippen LogP contribution in [0.2, 0.25) is 0 Å². The van der Waals surface area contributed by atoms with E-state index in [1.54, 1.807) is 35.4 Å². The highest BCUT2D eigenvalue weighted by molar-refractivity contribution is 8.01. The number of benzene rings is 1. The van der Waals surface area contributed by atoms with E-state index in [4.69, 9.17) is 0 Å². The van der Waals surface area contributed by atoms with Gasteiger partial charge in [-0.15, -0.1) is 11.8 Å². The molecule has 28 heavy (non-hydrogen) atoms. The van der Waals surface area contributed by atoms with E-state index in [0.717, 1.165) is 17.7 Å². The first kappa shape index (κ1) is 18.5. The predicted octanol–water partition coefficient (Wildman–Crippen LogP) is 2.15. The molecule has 2 aromatic rings. The summed E-state index contributed by atoms with van der Waals surface area (Å²) in [4.78, 5) is 46.6. The fourth-order valence-corrected chi connectivity index (χ4v) is 4.59. The van der Waals surface area contributed by atoms with Gasteiger partial charge in [0.25, 0.3) is 5.91 Å². The van der Waals surface area contributed by atoms with E-state index in [-0.39, 0.29) is 24.3 Å². The number of para-hydroxylation sites is 1. The van der Waals surface area contributed by atoms with Crippen molar-refractivity contribution in [3.63, 3.8) is 0 Å². The Bertz CT molecular complexity index is 899. The number of hydrogen-bond donors (Lipinski definition) is 1. The number of thioether (sulfide) groups is 1. The van der Waals surface area contributed by atoms with E-state index >= 15 is 0 Å². The molecule has 1 aromatic carbocycles. The summed E-state index contributed by atoms with van der Waals surface area (Å²) >= 11 is 1.27. The summed E-state index contributed by atoms with van der Waals surface area (Å²) in [5.74, 6) is -0.459. The highest BCUT2D eigenvalue weighted by atomic mass is 32.2. The van der Waals surface area contributed by atoms with E-state index in [1.165, 1.54) is 16.7 Å². The van der Waals surface area contributed by atoms with Crippen molar-refractivity contribution in [2.45, 2.75) is 23.0 Å². The van der Waals surface area contributed by atoms with Crippen LogP contribution in [0.15, 0.2) is 53.6 Å². The molecule has 2 aliphatic rings. The smallest absolute Gasteiger partial charge is 0.250 e. The summed E-state index contributed by atoms with van der Waals surface area (Å²) in [5.41, 5.74) is 0.652. The maximum atomic E-state index is 13.1. The molecule has 144 valence electrons. The molecule has 1 aromatic heterocycles. The van der Waals surface area contributed by atoms with Crippen molar-refractivity contribution in [3.05, 3.63) is 48.7 Å². The standard InChI is InChI=1S/C20H20N4O3S/c25-17(22-16-9-3-4-10-21-16)13-24-14-7-1-2-8-15(14)28-18(20(24)27)19(26)23-11-5-6-12-23/h1-4,7-10,18H,5-6,11-13H2,(H,21,22,25)/t18-/m1/s1. The minimum atomic E-state index is -0.851. The molecule has 0 bridgehead atoms. The van der Waals surface area contributed by atoms with E-state index in [2.05, 4.69) is 10.3 Å². The number of hydrogen-bond acceptors (Lipinski definition) is 5. The van der Waals surface area contributed by atoms with Crippen LogP contribution in [0.4, 0.5) is 11.5 Å². The third kappa shape index (κ3) is 3.73. The third-order valence-corrected chi connectivity index (χ3v) is 6.01. The number of pyridine rings is 1. The predicted molar refractivity (Wildman–Crippen MR) is 107 cm³/mol. The van der Waals surface area contributed by atoms with E-state index < -0.39 is 5.25 Å². The Morgan fingerprint density at radius 3 is 2.61 bits per heavy atom. The minimum Gasteiger partial charge on any atom is -0.341 e. The molecule has 1 N–H and O–H groups in total. The first-order chi connectivity index (χ1) is 13.6. The van der Waals surface area contributed by atoms with Crippen LogP contribution in [0, 0.1) is 0 Å². The lowest BCUT2D eigenvalue weighted by Gasteiger charge is -2.34. The van der Waals surface area contributed by atoms with Crippen LogP contribution in [0.5, 0.6) is 0 Å². The van der Waals surface area contributed by atoms with Crippen molar-refractivity contribution in [1.29, 1.82) is 0 Å². The van der Waals surface area contributed by atoms with Crippen LogP contribution < -0.4 is 10.2 Å². The van der Waals surface area contributed by atoms with Gasteiger partial charge in [0.1, 0.15) is 12.4 Å². The molecule has 1 fully saturated rings. The number of carbonyl (C=O) groups excluding carboxylic acids is 3. The molecule has 1 atom stereocenters. The molecule has 4 rings (SSSR count).